The van der Waals surface area contributed by atoms with E-state index >= 15 is 0 Å². The van der Waals surface area contributed by atoms with Crippen molar-refractivity contribution in [3.63, 3.8) is 0 Å². The topological polar surface area (TPSA) is 108 Å². The van der Waals surface area contributed by atoms with E-state index in [9.17, 15) is 19.0 Å². The standard InChI is InChI=1S/C58H111O8P/c1-4-7-9-11-13-15-17-19-21-23-25-27-29-31-32-34-36-38-40-42-44-46-48-50-52-57(59)63-54-56(55-65-67(61,62)64-6-3)66-58(60)53-51-49-47-45-43-41-39-37-35-33-30-28-26-24-22-20-18-16-14-12-10-8-5-2/h18,20,24,26,56H,4-17,19,21-23,25,27-55H2,1-3H3,(H,61,62)/b20-18-,26-24-. The van der Waals surface area contributed by atoms with Gasteiger partial charge in [0.15, 0.2) is 6.10 Å². The molecule has 0 amide bonds. The molecule has 0 fully saturated rings. The predicted molar refractivity (Wildman–Crippen MR) is 286 cm³/mol. The van der Waals surface area contributed by atoms with Crippen LogP contribution in [0, 0.1) is 0 Å². The van der Waals surface area contributed by atoms with Crippen molar-refractivity contribution in [3.8, 4) is 0 Å². The van der Waals surface area contributed by atoms with Crippen LogP contribution in [-0.4, -0.2) is 42.8 Å². The third kappa shape index (κ3) is 53.7. The van der Waals surface area contributed by atoms with E-state index in [0.29, 0.717) is 12.8 Å². The highest BCUT2D eigenvalue weighted by Crippen LogP contribution is 2.43. The fourth-order valence-corrected chi connectivity index (χ4v) is 9.48. The first-order chi connectivity index (χ1) is 32.8. The van der Waals surface area contributed by atoms with E-state index < -0.39 is 19.9 Å². The molecule has 396 valence electrons. The number of hydrogen-bond acceptors (Lipinski definition) is 7. The molecule has 0 aliphatic carbocycles. The summed E-state index contributed by atoms with van der Waals surface area (Å²) in [6.07, 6.45) is 64.0. The summed E-state index contributed by atoms with van der Waals surface area (Å²) in [7, 11) is -4.29. The zero-order valence-corrected chi connectivity index (χ0v) is 45.5. The minimum atomic E-state index is -4.29. The van der Waals surface area contributed by atoms with Crippen LogP contribution in [0.25, 0.3) is 0 Å². The fourth-order valence-electron chi connectivity index (χ4n) is 8.72. The lowest BCUT2D eigenvalue weighted by atomic mass is 10.0. The number of phosphoric ester groups is 1. The third-order valence-electron chi connectivity index (χ3n) is 13.0. The molecule has 0 saturated heterocycles. The Morgan fingerprint density at radius 1 is 0.403 bits per heavy atom. The normalized spacial score (nSPS) is 13.2. The van der Waals surface area contributed by atoms with Crippen LogP contribution < -0.4 is 0 Å². The van der Waals surface area contributed by atoms with Crippen LogP contribution in [0.1, 0.15) is 310 Å². The van der Waals surface area contributed by atoms with Crippen molar-refractivity contribution in [1.29, 1.82) is 0 Å². The van der Waals surface area contributed by atoms with Gasteiger partial charge < -0.3 is 14.4 Å². The van der Waals surface area contributed by atoms with Gasteiger partial charge in [-0.25, -0.2) is 4.57 Å². The van der Waals surface area contributed by atoms with E-state index in [1.165, 1.54) is 231 Å². The van der Waals surface area contributed by atoms with Crippen molar-refractivity contribution in [1.82, 2.24) is 0 Å². The molecule has 0 aromatic rings. The molecule has 0 spiro atoms. The molecule has 0 saturated carbocycles. The average Bonchev–Trinajstić information content (AvgIpc) is 3.31. The van der Waals surface area contributed by atoms with E-state index in [-0.39, 0.29) is 32.2 Å². The number of esters is 2. The predicted octanol–water partition coefficient (Wildman–Crippen LogP) is 19.3. The Kier molecular flexibility index (Phi) is 52.7. The van der Waals surface area contributed by atoms with Gasteiger partial charge >= 0.3 is 19.8 Å². The van der Waals surface area contributed by atoms with Gasteiger partial charge in [0, 0.05) is 12.8 Å². The van der Waals surface area contributed by atoms with Gasteiger partial charge in [0.05, 0.1) is 13.2 Å². The van der Waals surface area contributed by atoms with E-state index in [1.807, 2.05) is 0 Å². The molecule has 0 aromatic carbocycles. The number of carbonyl (C=O) groups excluding carboxylic acids is 2. The first kappa shape index (κ1) is 65.5. The lowest BCUT2D eigenvalue weighted by Gasteiger charge is -2.19. The number of phosphoric acid groups is 1. The molecule has 2 unspecified atom stereocenters. The number of ether oxygens (including phenoxy) is 2. The van der Waals surface area contributed by atoms with Crippen molar-refractivity contribution in [2.24, 2.45) is 0 Å². The molecule has 0 rings (SSSR count). The van der Waals surface area contributed by atoms with Gasteiger partial charge in [-0.1, -0.05) is 269 Å². The summed E-state index contributed by atoms with van der Waals surface area (Å²) in [4.78, 5) is 35.1. The number of hydrogen-bond donors (Lipinski definition) is 1. The van der Waals surface area contributed by atoms with Crippen LogP contribution >= 0.6 is 7.82 Å². The number of carbonyl (C=O) groups is 2. The first-order valence-corrected chi connectivity index (χ1v) is 30.6. The lowest BCUT2D eigenvalue weighted by Crippen LogP contribution is -2.29. The second kappa shape index (κ2) is 53.9. The van der Waals surface area contributed by atoms with Crippen molar-refractivity contribution in [2.45, 2.75) is 316 Å². The molecule has 67 heavy (non-hydrogen) atoms. The smallest absolute Gasteiger partial charge is 0.462 e. The van der Waals surface area contributed by atoms with Crippen LogP contribution in [0.5, 0.6) is 0 Å². The van der Waals surface area contributed by atoms with Crippen LogP contribution in [0.2, 0.25) is 0 Å². The maximum Gasteiger partial charge on any atom is 0.472 e. The van der Waals surface area contributed by atoms with Gasteiger partial charge in [-0.15, -0.1) is 0 Å². The summed E-state index contributed by atoms with van der Waals surface area (Å²) < 4.78 is 32.9. The summed E-state index contributed by atoms with van der Waals surface area (Å²) in [5.41, 5.74) is 0. The molecule has 0 heterocycles. The molecular weight excluding hydrogens is 856 g/mol. The molecule has 2 atom stereocenters. The van der Waals surface area contributed by atoms with E-state index in [1.54, 1.807) is 6.92 Å². The summed E-state index contributed by atoms with van der Waals surface area (Å²) in [5.74, 6) is -0.781. The Labute approximate surface area is 415 Å². The van der Waals surface area contributed by atoms with Gasteiger partial charge in [0.1, 0.15) is 6.61 Å². The summed E-state index contributed by atoms with van der Waals surface area (Å²) in [6, 6.07) is 0. The third-order valence-corrected chi connectivity index (χ3v) is 14.1. The monoisotopic (exact) mass is 967 g/mol. The second-order valence-corrected chi connectivity index (χ2v) is 21.1. The van der Waals surface area contributed by atoms with Gasteiger partial charge in [0.25, 0.3) is 0 Å². The minimum absolute atomic E-state index is 0.00278. The number of allylic oxidation sites excluding steroid dienone is 4. The van der Waals surface area contributed by atoms with Gasteiger partial charge in [-0.2, -0.15) is 0 Å². The van der Waals surface area contributed by atoms with Crippen LogP contribution in [0.4, 0.5) is 0 Å². The van der Waals surface area contributed by atoms with Gasteiger partial charge in [-0.3, -0.25) is 18.6 Å². The van der Waals surface area contributed by atoms with Crippen LogP contribution in [-0.2, 0) is 32.7 Å². The Morgan fingerprint density at radius 3 is 1.06 bits per heavy atom. The summed E-state index contributed by atoms with van der Waals surface area (Å²) >= 11 is 0. The highest BCUT2D eigenvalue weighted by molar-refractivity contribution is 7.47. The quantitative estimate of drug-likeness (QED) is 0.0278. The zero-order chi connectivity index (χ0) is 48.8. The summed E-state index contributed by atoms with van der Waals surface area (Å²) in [6.45, 7) is 5.54. The molecule has 0 aliphatic rings. The van der Waals surface area contributed by atoms with E-state index in [0.717, 1.165) is 38.5 Å². The maximum absolute atomic E-state index is 12.7. The molecule has 0 radical (unpaired) electrons. The highest BCUT2D eigenvalue weighted by Gasteiger charge is 2.25. The molecule has 8 nitrogen and oxygen atoms in total. The van der Waals surface area contributed by atoms with Crippen LogP contribution in [0.3, 0.4) is 0 Å². The SMILES string of the molecule is CCCCCCC/C=C\C/C=C\CCCCCCCCCCCCCC(=O)OC(COC(=O)CCCCCCCCCCCCCCCCCCCCCCCCCC)COP(=O)(O)OCC. The molecule has 0 aliphatic heterocycles. The molecule has 9 heteroatoms. The second-order valence-electron chi connectivity index (χ2n) is 19.7. The highest BCUT2D eigenvalue weighted by atomic mass is 31.2. The maximum atomic E-state index is 12.7. The Morgan fingerprint density at radius 2 is 0.716 bits per heavy atom. The number of unbranched alkanes of at least 4 members (excludes halogenated alkanes) is 39. The Hall–Kier alpha value is -1.47. The number of rotatable bonds is 55. The molecule has 0 bridgehead atoms. The minimum Gasteiger partial charge on any atom is -0.462 e. The fraction of sp³-hybridized carbons (Fsp3) is 0.897. The van der Waals surface area contributed by atoms with Crippen molar-refractivity contribution in [3.05, 3.63) is 24.3 Å². The van der Waals surface area contributed by atoms with Gasteiger partial charge in [-0.05, 0) is 51.9 Å². The van der Waals surface area contributed by atoms with Crippen molar-refractivity contribution < 1.29 is 37.6 Å². The molecule has 0 aromatic heterocycles. The van der Waals surface area contributed by atoms with Gasteiger partial charge in [0.2, 0.25) is 0 Å². The molecule has 1 N–H and O–H groups in total. The van der Waals surface area contributed by atoms with Crippen molar-refractivity contribution >= 4 is 19.8 Å². The van der Waals surface area contributed by atoms with E-state index in [2.05, 4.69) is 38.2 Å². The Balaban J connectivity index is 3.87. The lowest BCUT2D eigenvalue weighted by molar-refractivity contribution is -0.161. The van der Waals surface area contributed by atoms with Crippen molar-refractivity contribution in [2.75, 3.05) is 19.8 Å². The zero-order valence-electron chi connectivity index (χ0n) is 44.6. The summed E-state index contributed by atoms with van der Waals surface area (Å²) in [5, 5.41) is 0. The molecular formula is C58H111O8P. The first-order valence-electron chi connectivity index (χ1n) is 29.1. The Bertz CT molecular complexity index is 1140. The van der Waals surface area contributed by atoms with E-state index in [4.69, 9.17) is 18.5 Å². The van der Waals surface area contributed by atoms with Crippen LogP contribution in [0.15, 0.2) is 24.3 Å². The average molecular weight is 967 g/mol. The largest absolute Gasteiger partial charge is 0.472 e.